The van der Waals surface area contributed by atoms with E-state index in [1.54, 1.807) is 35.8 Å². The summed E-state index contributed by atoms with van der Waals surface area (Å²) in [5.41, 5.74) is 3.38. The van der Waals surface area contributed by atoms with Crippen molar-refractivity contribution in [1.29, 1.82) is 0 Å². The van der Waals surface area contributed by atoms with Crippen LogP contribution in [0.2, 0.25) is 0 Å². The minimum absolute atomic E-state index is 0.0578. The molecule has 0 bridgehead atoms. The van der Waals surface area contributed by atoms with Crippen molar-refractivity contribution in [2.24, 2.45) is 0 Å². The summed E-state index contributed by atoms with van der Waals surface area (Å²) in [4.78, 5) is 24.6. The van der Waals surface area contributed by atoms with Crippen LogP contribution in [0.1, 0.15) is 23.0 Å². The molecular weight excluding hydrogens is 424 g/mol. The maximum absolute atomic E-state index is 12.9. The van der Waals surface area contributed by atoms with Gasteiger partial charge in [0.05, 0.1) is 17.1 Å². The minimum atomic E-state index is -0.547. The van der Waals surface area contributed by atoms with Crippen molar-refractivity contribution < 1.29 is 14.5 Å². The number of carbonyl (C=O) groups excluding carboxylic acids is 1. The van der Waals surface area contributed by atoms with Crippen LogP contribution >= 0.6 is 15.9 Å². The Morgan fingerprint density at radius 3 is 2.61 bits per heavy atom. The van der Waals surface area contributed by atoms with Gasteiger partial charge in [0.25, 0.3) is 0 Å². The Morgan fingerprint density at radius 1 is 1.21 bits per heavy atom. The van der Waals surface area contributed by atoms with Gasteiger partial charge in [-0.1, -0.05) is 52.3 Å². The number of hydrogen-bond acceptors (Lipinski definition) is 4. The van der Waals surface area contributed by atoms with Gasteiger partial charge in [0.2, 0.25) is 0 Å². The highest BCUT2D eigenvalue weighted by Gasteiger charge is 2.38. The van der Waals surface area contributed by atoms with Gasteiger partial charge in [-0.15, -0.1) is 0 Å². The maximum atomic E-state index is 12.9. The number of carbonyl (C=O) groups is 1. The third-order valence-electron chi connectivity index (χ3n) is 4.90. The van der Waals surface area contributed by atoms with Crippen molar-refractivity contribution in [2.75, 3.05) is 6.61 Å². The molecule has 0 fully saturated rings. The molecular formula is C21H17BrN2O4. The molecule has 0 atom stereocenters. The summed E-state index contributed by atoms with van der Waals surface area (Å²) in [5, 5.41) is 12.2. The lowest BCUT2D eigenvalue weighted by atomic mass is 9.97. The van der Waals surface area contributed by atoms with Gasteiger partial charge in [-0.25, -0.2) is 4.79 Å². The first-order chi connectivity index (χ1) is 13.5. The van der Waals surface area contributed by atoms with Crippen LogP contribution in [0, 0.1) is 10.1 Å². The van der Waals surface area contributed by atoms with Crippen molar-refractivity contribution in [2.45, 2.75) is 19.9 Å². The Bertz CT molecular complexity index is 1090. The van der Waals surface area contributed by atoms with Crippen molar-refractivity contribution in [3.63, 3.8) is 0 Å². The highest BCUT2D eigenvalue weighted by atomic mass is 79.9. The zero-order chi connectivity index (χ0) is 19.8. The molecule has 0 saturated heterocycles. The first kappa shape index (κ1) is 18.4. The van der Waals surface area contributed by atoms with Crippen LogP contribution in [0.4, 0.5) is 5.69 Å². The maximum Gasteiger partial charge on any atom is 0.355 e. The second-order valence-electron chi connectivity index (χ2n) is 6.46. The molecule has 0 aliphatic carbocycles. The quantitative estimate of drug-likeness (QED) is 0.316. The number of halogens is 1. The second kappa shape index (κ2) is 7.24. The lowest BCUT2D eigenvalue weighted by molar-refractivity contribution is -0.383. The topological polar surface area (TPSA) is 74.4 Å². The molecule has 2 aromatic carbocycles. The molecule has 0 spiro atoms. The lowest BCUT2D eigenvalue weighted by Crippen LogP contribution is -2.18. The second-order valence-corrected chi connectivity index (χ2v) is 7.38. The first-order valence-corrected chi connectivity index (χ1v) is 9.74. The number of fused-ring (bicyclic) bond motifs is 3. The van der Waals surface area contributed by atoms with Crippen molar-refractivity contribution in [3.05, 3.63) is 74.4 Å². The predicted molar refractivity (Wildman–Crippen MR) is 109 cm³/mol. The van der Waals surface area contributed by atoms with Crippen LogP contribution in [-0.2, 0) is 17.7 Å². The standard InChI is InChI=1S/C21H17BrN2O4/c1-2-28-21(25)20-17(14-7-9-15(22)10-8-14)19(24(26)27)18-16-6-4-3-5-13(16)11-12-23(18)20/h3-10H,2,11-12H2,1H3. The van der Waals surface area contributed by atoms with Crippen molar-refractivity contribution in [3.8, 4) is 22.4 Å². The van der Waals surface area contributed by atoms with E-state index in [2.05, 4.69) is 15.9 Å². The number of esters is 1. The third kappa shape index (κ3) is 2.92. The number of nitro groups is 1. The molecule has 2 heterocycles. The molecule has 0 saturated carbocycles. The molecule has 28 heavy (non-hydrogen) atoms. The number of aryl methyl sites for hydroxylation is 1. The van der Waals surface area contributed by atoms with Crippen LogP contribution in [0.25, 0.3) is 22.4 Å². The normalized spacial score (nSPS) is 12.2. The SMILES string of the molecule is CCOC(=O)c1c(-c2ccc(Br)cc2)c([N+](=O)[O-])c2n1CCc1ccccc1-2. The first-order valence-electron chi connectivity index (χ1n) is 8.95. The summed E-state index contributed by atoms with van der Waals surface area (Å²) in [5.74, 6) is -0.547. The Labute approximate surface area is 170 Å². The predicted octanol–water partition coefficient (Wildman–Crippen LogP) is 5.23. The number of rotatable bonds is 4. The van der Waals surface area contributed by atoms with E-state index in [9.17, 15) is 14.9 Å². The average Bonchev–Trinajstić information content (AvgIpc) is 3.04. The summed E-state index contributed by atoms with van der Waals surface area (Å²) in [6.07, 6.45) is 0.696. The Balaban J connectivity index is 2.10. The van der Waals surface area contributed by atoms with Crippen LogP contribution in [0.3, 0.4) is 0 Å². The Morgan fingerprint density at radius 2 is 1.93 bits per heavy atom. The van der Waals surface area contributed by atoms with E-state index in [0.29, 0.717) is 29.8 Å². The van der Waals surface area contributed by atoms with Gasteiger partial charge >= 0.3 is 11.7 Å². The molecule has 4 rings (SSSR count). The van der Waals surface area contributed by atoms with Crippen molar-refractivity contribution >= 4 is 27.6 Å². The van der Waals surface area contributed by atoms with Crippen LogP contribution < -0.4 is 0 Å². The zero-order valence-electron chi connectivity index (χ0n) is 15.1. The van der Waals surface area contributed by atoms with Gasteiger partial charge < -0.3 is 9.30 Å². The van der Waals surface area contributed by atoms with E-state index in [4.69, 9.17) is 4.74 Å². The van der Waals surface area contributed by atoms with E-state index >= 15 is 0 Å². The molecule has 0 radical (unpaired) electrons. The van der Waals surface area contributed by atoms with Gasteiger partial charge in [0, 0.05) is 16.6 Å². The van der Waals surface area contributed by atoms with Gasteiger partial charge in [0.1, 0.15) is 11.4 Å². The third-order valence-corrected chi connectivity index (χ3v) is 5.43. The van der Waals surface area contributed by atoms with E-state index in [1.807, 2.05) is 24.3 Å². The molecule has 0 unspecified atom stereocenters. The lowest BCUT2D eigenvalue weighted by Gasteiger charge is -2.20. The molecule has 0 amide bonds. The number of benzene rings is 2. The largest absolute Gasteiger partial charge is 0.461 e. The Kier molecular flexibility index (Phi) is 4.77. The summed E-state index contributed by atoms with van der Waals surface area (Å²) in [7, 11) is 0. The summed E-state index contributed by atoms with van der Waals surface area (Å²) >= 11 is 3.39. The Hall–Kier alpha value is -2.93. The summed E-state index contributed by atoms with van der Waals surface area (Å²) < 4.78 is 7.87. The van der Waals surface area contributed by atoms with E-state index in [0.717, 1.165) is 15.6 Å². The van der Waals surface area contributed by atoms with Gasteiger partial charge in [-0.2, -0.15) is 0 Å². The van der Waals surface area contributed by atoms with E-state index in [-0.39, 0.29) is 18.0 Å². The molecule has 3 aromatic rings. The van der Waals surface area contributed by atoms with E-state index < -0.39 is 10.9 Å². The monoisotopic (exact) mass is 440 g/mol. The van der Waals surface area contributed by atoms with Gasteiger partial charge in [-0.3, -0.25) is 10.1 Å². The summed E-state index contributed by atoms with van der Waals surface area (Å²) in [6.45, 7) is 2.41. The summed E-state index contributed by atoms with van der Waals surface area (Å²) in [6, 6.07) is 14.8. The van der Waals surface area contributed by atoms with Crippen LogP contribution in [0.15, 0.2) is 53.0 Å². The highest BCUT2D eigenvalue weighted by Crippen LogP contribution is 2.47. The fourth-order valence-corrected chi connectivity index (χ4v) is 4.05. The molecule has 0 N–H and O–H groups in total. The van der Waals surface area contributed by atoms with Crippen LogP contribution in [-0.4, -0.2) is 22.1 Å². The molecule has 1 aliphatic heterocycles. The van der Waals surface area contributed by atoms with Crippen LogP contribution in [0.5, 0.6) is 0 Å². The number of hydrogen-bond donors (Lipinski definition) is 0. The van der Waals surface area contributed by atoms with Gasteiger partial charge in [-0.05, 0) is 36.6 Å². The minimum Gasteiger partial charge on any atom is -0.461 e. The smallest absolute Gasteiger partial charge is 0.355 e. The van der Waals surface area contributed by atoms with Gasteiger partial charge in [0.15, 0.2) is 0 Å². The van der Waals surface area contributed by atoms with E-state index in [1.165, 1.54) is 0 Å². The molecule has 142 valence electrons. The number of ether oxygens (including phenoxy) is 1. The molecule has 7 heteroatoms. The average molecular weight is 441 g/mol. The fraction of sp³-hybridized carbons (Fsp3) is 0.190. The number of aromatic nitrogens is 1. The van der Waals surface area contributed by atoms with Crippen molar-refractivity contribution in [1.82, 2.24) is 4.57 Å². The molecule has 1 aromatic heterocycles. The zero-order valence-corrected chi connectivity index (χ0v) is 16.7. The highest BCUT2D eigenvalue weighted by molar-refractivity contribution is 9.10. The number of nitrogens with zero attached hydrogens (tertiary/aromatic N) is 2. The fourth-order valence-electron chi connectivity index (χ4n) is 3.78. The molecule has 6 nitrogen and oxygen atoms in total. The molecule has 1 aliphatic rings.